The monoisotopic (exact) mass is 389 g/mol. The number of imide groups is 1. The maximum absolute atomic E-state index is 12.4. The lowest BCUT2D eigenvalue weighted by atomic mass is 9.93. The zero-order valence-electron chi connectivity index (χ0n) is 15.9. The van der Waals surface area contributed by atoms with E-state index in [1.165, 1.54) is 7.11 Å². The predicted molar refractivity (Wildman–Crippen MR) is 107 cm³/mol. The molecule has 146 valence electrons. The summed E-state index contributed by atoms with van der Waals surface area (Å²) in [5.74, 6) is -1.28. The molecule has 0 bridgehead atoms. The number of esters is 1. The number of rotatable bonds is 6. The quantitative estimate of drug-likeness (QED) is 0.398. The number of hydrogen-bond acceptors (Lipinski definition) is 5. The molecule has 1 aliphatic heterocycles. The summed E-state index contributed by atoms with van der Waals surface area (Å²) in [7, 11) is 1.32. The Hall–Kier alpha value is -3.51. The second-order valence-corrected chi connectivity index (χ2v) is 6.78. The van der Waals surface area contributed by atoms with Crippen LogP contribution >= 0.6 is 0 Å². The maximum Gasteiger partial charge on any atom is 0.337 e. The largest absolute Gasteiger partial charge is 0.465 e. The number of carbonyl (C=O) groups excluding carboxylic acids is 3. The summed E-state index contributed by atoms with van der Waals surface area (Å²) in [6.07, 6.45) is 0.467. The van der Waals surface area contributed by atoms with Crippen molar-refractivity contribution in [3.8, 4) is 0 Å². The third-order valence-corrected chi connectivity index (χ3v) is 4.95. The van der Waals surface area contributed by atoms with E-state index in [0.717, 1.165) is 5.56 Å². The first-order chi connectivity index (χ1) is 14.1. The van der Waals surface area contributed by atoms with Crippen LogP contribution in [0.15, 0.2) is 54.6 Å². The number of hydrogen-bond donors (Lipinski definition) is 1. The first-order valence-electron chi connectivity index (χ1n) is 9.24. The Morgan fingerprint density at radius 3 is 2.48 bits per heavy atom. The summed E-state index contributed by atoms with van der Waals surface area (Å²) >= 11 is 0. The molecule has 0 saturated heterocycles. The molecule has 0 saturated carbocycles. The minimum atomic E-state index is -0.458. The number of fused-ring (bicyclic) bond motifs is 3. The summed E-state index contributed by atoms with van der Waals surface area (Å²) in [4.78, 5) is 36.6. The van der Waals surface area contributed by atoms with Crippen molar-refractivity contribution in [1.82, 2.24) is 5.32 Å². The molecule has 0 radical (unpaired) electrons. The lowest BCUT2D eigenvalue weighted by molar-refractivity contribution is 0.0600. The average Bonchev–Trinajstić information content (AvgIpc) is 3.05. The van der Waals surface area contributed by atoms with Crippen molar-refractivity contribution in [2.24, 2.45) is 0 Å². The number of methoxy groups -OCH3 is 1. The number of nitrogens with one attached hydrogen (secondary N) is 1. The van der Waals surface area contributed by atoms with E-state index >= 15 is 0 Å². The number of ether oxygens (including phenoxy) is 2. The van der Waals surface area contributed by atoms with Gasteiger partial charge < -0.3 is 9.47 Å². The summed E-state index contributed by atoms with van der Waals surface area (Å²) in [6.45, 7) is 0.860. The Bertz CT molecular complexity index is 1120. The van der Waals surface area contributed by atoms with Gasteiger partial charge in [-0.25, -0.2) is 4.79 Å². The highest BCUT2D eigenvalue weighted by atomic mass is 16.5. The molecule has 0 aromatic heterocycles. The van der Waals surface area contributed by atoms with Crippen LogP contribution in [0.4, 0.5) is 0 Å². The second-order valence-electron chi connectivity index (χ2n) is 6.78. The molecule has 29 heavy (non-hydrogen) atoms. The highest BCUT2D eigenvalue weighted by Crippen LogP contribution is 2.31. The molecule has 0 unspecified atom stereocenters. The lowest BCUT2D eigenvalue weighted by Gasteiger charge is -2.11. The molecule has 1 N–H and O–H groups in total. The molecular weight excluding hydrogens is 370 g/mol. The summed E-state index contributed by atoms with van der Waals surface area (Å²) < 4.78 is 10.5. The van der Waals surface area contributed by atoms with Crippen molar-refractivity contribution in [2.75, 3.05) is 13.7 Å². The van der Waals surface area contributed by atoms with Gasteiger partial charge in [-0.3, -0.25) is 14.9 Å². The maximum atomic E-state index is 12.4. The fourth-order valence-electron chi connectivity index (χ4n) is 3.58. The SMILES string of the molecule is COC(=O)c1ccc2c3c(c(CCOCc4ccccc4)cc2c1)C(=O)NC3=O. The molecule has 0 atom stereocenters. The number of benzene rings is 3. The first-order valence-corrected chi connectivity index (χ1v) is 9.24. The van der Waals surface area contributed by atoms with Crippen LogP contribution in [-0.2, 0) is 22.5 Å². The van der Waals surface area contributed by atoms with Crippen LogP contribution in [0.3, 0.4) is 0 Å². The van der Waals surface area contributed by atoms with Gasteiger partial charge in [0.05, 0.1) is 37.0 Å². The van der Waals surface area contributed by atoms with Gasteiger partial charge >= 0.3 is 5.97 Å². The van der Waals surface area contributed by atoms with E-state index in [2.05, 4.69) is 5.32 Å². The van der Waals surface area contributed by atoms with Crippen LogP contribution < -0.4 is 5.32 Å². The summed E-state index contributed by atoms with van der Waals surface area (Å²) in [5.41, 5.74) is 2.90. The van der Waals surface area contributed by atoms with Gasteiger partial charge in [0.15, 0.2) is 0 Å². The molecule has 4 rings (SSSR count). The van der Waals surface area contributed by atoms with Gasteiger partial charge in [-0.15, -0.1) is 0 Å². The van der Waals surface area contributed by atoms with E-state index in [0.29, 0.717) is 52.7 Å². The molecule has 2 amide bonds. The molecule has 3 aromatic rings. The van der Waals surface area contributed by atoms with E-state index in [4.69, 9.17) is 9.47 Å². The van der Waals surface area contributed by atoms with Gasteiger partial charge in [-0.05, 0) is 40.5 Å². The predicted octanol–water partition coefficient (Wildman–Crippen LogP) is 3.27. The Morgan fingerprint density at radius 2 is 1.72 bits per heavy atom. The van der Waals surface area contributed by atoms with Gasteiger partial charge in [-0.1, -0.05) is 42.5 Å². The molecule has 0 aliphatic carbocycles. The van der Waals surface area contributed by atoms with E-state index in [1.807, 2.05) is 36.4 Å². The van der Waals surface area contributed by atoms with Crippen LogP contribution in [0.2, 0.25) is 0 Å². The molecule has 1 aliphatic rings. The third-order valence-electron chi connectivity index (χ3n) is 4.95. The van der Waals surface area contributed by atoms with E-state index in [9.17, 15) is 14.4 Å². The molecule has 6 nitrogen and oxygen atoms in total. The Morgan fingerprint density at radius 1 is 0.966 bits per heavy atom. The fourth-order valence-corrected chi connectivity index (χ4v) is 3.58. The van der Waals surface area contributed by atoms with Crippen molar-refractivity contribution in [3.63, 3.8) is 0 Å². The Kier molecular flexibility index (Phi) is 5.10. The standard InChI is InChI=1S/C23H19NO5/c1-28-23(27)16-7-8-18-17(12-16)11-15(19-20(18)22(26)24-21(19)25)9-10-29-13-14-5-3-2-4-6-14/h2-8,11-12H,9-10,13H2,1H3,(H,24,25,26). The van der Waals surface area contributed by atoms with Gasteiger partial charge in [0.1, 0.15) is 0 Å². The number of amides is 2. The molecular formula is C23H19NO5. The van der Waals surface area contributed by atoms with E-state index in [-0.39, 0.29) is 0 Å². The van der Waals surface area contributed by atoms with Crippen LogP contribution in [-0.4, -0.2) is 31.5 Å². The van der Waals surface area contributed by atoms with Crippen LogP contribution in [0, 0.1) is 0 Å². The van der Waals surface area contributed by atoms with Gasteiger partial charge in [0.25, 0.3) is 11.8 Å². The van der Waals surface area contributed by atoms with Crippen molar-refractivity contribution in [2.45, 2.75) is 13.0 Å². The van der Waals surface area contributed by atoms with Gasteiger partial charge in [-0.2, -0.15) is 0 Å². The van der Waals surface area contributed by atoms with E-state index in [1.54, 1.807) is 18.2 Å². The number of carbonyl (C=O) groups is 3. The molecule has 3 aromatic carbocycles. The highest BCUT2D eigenvalue weighted by Gasteiger charge is 2.31. The molecule has 1 heterocycles. The van der Waals surface area contributed by atoms with Gasteiger partial charge in [0, 0.05) is 0 Å². The lowest BCUT2D eigenvalue weighted by Crippen LogP contribution is -2.20. The normalized spacial score (nSPS) is 12.7. The minimum absolute atomic E-state index is 0.349. The molecule has 0 fully saturated rings. The van der Waals surface area contributed by atoms with E-state index < -0.39 is 17.8 Å². The van der Waals surface area contributed by atoms with Crippen molar-refractivity contribution in [1.29, 1.82) is 0 Å². The van der Waals surface area contributed by atoms with Crippen LogP contribution in [0.25, 0.3) is 10.8 Å². The third kappa shape index (κ3) is 3.62. The highest BCUT2D eigenvalue weighted by molar-refractivity contribution is 6.27. The van der Waals surface area contributed by atoms with Gasteiger partial charge in [0.2, 0.25) is 0 Å². The topological polar surface area (TPSA) is 81.7 Å². The van der Waals surface area contributed by atoms with Crippen molar-refractivity contribution < 1.29 is 23.9 Å². The smallest absolute Gasteiger partial charge is 0.337 e. The average molecular weight is 389 g/mol. The molecule has 6 heteroatoms. The zero-order chi connectivity index (χ0) is 20.4. The second kappa shape index (κ2) is 7.85. The summed E-state index contributed by atoms with van der Waals surface area (Å²) in [5, 5.41) is 3.70. The van der Waals surface area contributed by atoms with Crippen molar-refractivity contribution in [3.05, 3.63) is 82.4 Å². The first kappa shape index (κ1) is 18.8. The minimum Gasteiger partial charge on any atom is -0.465 e. The Balaban J connectivity index is 1.65. The summed E-state index contributed by atoms with van der Waals surface area (Å²) in [6, 6.07) is 16.6. The van der Waals surface area contributed by atoms with Crippen LogP contribution in [0.1, 0.15) is 42.2 Å². The molecule has 0 spiro atoms. The fraction of sp³-hybridized carbons (Fsp3) is 0.174. The van der Waals surface area contributed by atoms with Crippen LogP contribution in [0.5, 0.6) is 0 Å². The van der Waals surface area contributed by atoms with Crippen molar-refractivity contribution >= 4 is 28.6 Å². The Labute approximate surface area is 167 Å². The zero-order valence-corrected chi connectivity index (χ0v) is 15.9.